The molecule has 0 bridgehead atoms. The van der Waals surface area contributed by atoms with Crippen LogP contribution < -0.4 is 0 Å². The number of H-pyrrole nitrogens is 1. The van der Waals surface area contributed by atoms with E-state index in [2.05, 4.69) is 19.9 Å². The molecule has 0 aliphatic rings. The first kappa shape index (κ1) is 11.7. The van der Waals surface area contributed by atoms with Crippen molar-refractivity contribution in [2.75, 3.05) is 0 Å². The molecule has 1 aromatic carbocycles. The van der Waals surface area contributed by atoms with Crippen LogP contribution in [0.3, 0.4) is 0 Å². The summed E-state index contributed by atoms with van der Waals surface area (Å²) in [6.07, 6.45) is 2.99. The second-order valence-electron chi connectivity index (χ2n) is 3.72. The van der Waals surface area contributed by atoms with E-state index in [0.717, 1.165) is 10.4 Å². The van der Waals surface area contributed by atoms with E-state index in [4.69, 9.17) is 5.11 Å². The predicted molar refractivity (Wildman–Crippen MR) is 69.2 cm³/mol. The van der Waals surface area contributed by atoms with Gasteiger partial charge in [-0.05, 0) is 18.2 Å². The van der Waals surface area contributed by atoms with E-state index in [9.17, 15) is 4.79 Å². The number of aromatic amines is 1. The van der Waals surface area contributed by atoms with Gasteiger partial charge >= 0.3 is 5.97 Å². The molecule has 2 heterocycles. The van der Waals surface area contributed by atoms with Gasteiger partial charge in [0.25, 0.3) is 0 Å². The molecular weight excluding hydrogens is 264 g/mol. The van der Waals surface area contributed by atoms with Gasteiger partial charge in [-0.1, -0.05) is 17.8 Å². The average Bonchev–Trinajstić information content (AvgIpc) is 2.88. The van der Waals surface area contributed by atoms with E-state index in [1.165, 1.54) is 18.1 Å². The first-order chi connectivity index (χ1) is 9.24. The number of nitrogens with zero attached hydrogens (tertiary/aromatic N) is 3. The van der Waals surface area contributed by atoms with Gasteiger partial charge in [0.2, 0.25) is 0 Å². The van der Waals surface area contributed by atoms with E-state index in [1.807, 2.05) is 6.07 Å². The maximum absolute atomic E-state index is 10.9. The molecule has 19 heavy (non-hydrogen) atoms. The van der Waals surface area contributed by atoms with Crippen LogP contribution in [0.5, 0.6) is 0 Å². The fourth-order valence-corrected chi connectivity index (χ4v) is 2.53. The molecule has 0 amide bonds. The third kappa shape index (κ3) is 2.27. The van der Waals surface area contributed by atoms with Crippen LogP contribution in [0, 0.1) is 0 Å². The number of fused-ring (bicyclic) bond motifs is 1. The number of nitrogens with one attached hydrogen (secondary N) is 1. The van der Waals surface area contributed by atoms with Crippen LogP contribution in [0.1, 0.15) is 10.4 Å². The Morgan fingerprint density at radius 1 is 1.26 bits per heavy atom. The Morgan fingerprint density at radius 2 is 2.16 bits per heavy atom. The van der Waals surface area contributed by atoms with E-state index < -0.39 is 5.97 Å². The number of rotatable bonds is 3. The molecule has 0 radical (unpaired) electrons. The summed E-state index contributed by atoms with van der Waals surface area (Å²) in [6.45, 7) is 0. The maximum atomic E-state index is 10.9. The summed E-state index contributed by atoms with van der Waals surface area (Å²) in [5.74, 6) is -0.947. The van der Waals surface area contributed by atoms with Crippen LogP contribution in [0.25, 0.3) is 11.2 Å². The smallest absolute Gasteiger partial charge is 0.335 e. The number of carboxylic acids is 1. The lowest BCUT2D eigenvalue weighted by atomic mass is 10.2. The molecule has 0 aliphatic carbocycles. The van der Waals surface area contributed by atoms with Crippen molar-refractivity contribution in [1.82, 2.24) is 19.9 Å². The van der Waals surface area contributed by atoms with Crippen molar-refractivity contribution in [3.63, 3.8) is 0 Å². The van der Waals surface area contributed by atoms with Crippen molar-refractivity contribution in [2.45, 2.75) is 9.92 Å². The molecule has 0 spiro atoms. The van der Waals surface area contributed by atoms with Gasteiger partial charge in [0.1, 0.15) is 16.9 Å². The van der Waals surface area contributed by atoms with Crippen molar-refractivity contribution in [3.05, 3.63) is 42.5 Å². The molecule has 3 rings (SSSR count). The minimum Gasteiger partial charge on any atom is -0.478 e. The Morgan fingerprint density at radius 3 is 3.00 bits per heavy atom. The lowest BCUT2D eigenvalue weighted by molar-refractivity contribution is 0.0696. The highest BCUT2D eigenvalue weighted by Gasteiger charge is 2.09. The van der Waals surface area contributed by atoms with E-state index in [1.54, 1.807) is 24.5 Å². The zero-order valence-corrected chi connectivity index (χ0v) is 10.4. The zero-order chi connectivity index (χ0) is 13.2. The summed E-state index contributed by atoms with van der Waals surface area (Å²) in [5, 5.41) is 9.68. The number of carboxylic acid groups (broad SMARTS) is 1. The van der Waals surface area contributed by atoms with Crippen LogP contribution in [0.15, 0.2) is 46.8 Å². The van der Waals surface area contributed by atoms with Gasteiger partial charge in [-0.3, -0.25) is 0 Å². The molecule has 2 N–H and O–H groups in total. The normalized spacial score (nSPS) is 10.7. The first-order valence-electron chi connectivity index (χ1n) is 5.39. The van der Waals surface area contributed by atoms with Gasteiger partial charge in [-0.2, -0.15) is 0 Å². The number of aromatic nitrogens is 4. The summed E-state index contributed by atoms with van der Waals surface area (Å²) in [6, 6.07) is 6.70. The Kier molecular flexibility index (Phi) is 2.88. The summed E-state index contributed by atoms with van der Waals surface area (Å²) >= 11 is 1.37. The van der Waals surface area contributed by atoms with Crippen LogP contribution in [0.4, 0.5) is 0 Å². The van der Waals surface area contributed by atoms with Gasteiger partial charge < -0.3 is 10.1 Å². The van der Waals surface area contributed by atoms with Crippen LogP contribution >= 0.6 is 11.8 Å². The molecule has 0 unspecified atom stereocenters. The number of hydrogen-bond donors (Lipinski definition) is 2. The van der Waals surface area contributed by atoms with Crippen molar-refractivity contribution < 1.29 is 9.90 Å². The van der Waals surface area contributed by atoms with Gasteiger partial charge in [-0.25, -0.2) is 19.7 Å². The fourth-order valence-electron chi connectivity index (χ4n) is 1.62. The number of benzene rings is 1. The van der Waals surface area contributed by atoms with Crippen molar-refractivity contribution in [1.29, 1.82) is 0 Å². The molecule has 0 aliphatic heterocycles. The average molecular weight is 272 g/mol. The van der Waals surface area contributed by atoms with Gasteiger partial charge in [0.15, 0.2) is 5.65 Å². The Bertz CT molecular complexity index is 756. The minimum absolute atomic E-state index is 0.250. The van der Waals surface area contributed by atoms with Crippen molar-refractivity contribution >= 4 is 28.9 Å². The van der Waals surface area contributed by atoms with E-state index in [-0.39, 0.29) is 5.56 Å². The number of hydrogen-bond acceptors (Lipinski definition) is 5. The fraction of sp³-hybridized carbons (Fsp3) is 0. The molecule has 2 aromatic heterocycles. The topological polar surface area (TPSA) is 91.8 Å². The predicted octanol–water partition coefficient (Wildman–Crippen LogP) is 2.20. The van der Waals surface area contributed by atoms with Crippen LogP contribution in [0.2, 0.25) is 0 Å². The molecule has 0 saturated heterocycles. The quantitative estimate of drug-likeness (QED) is 0.710. The molecule has 6 nitrogen and oxygen atoms in total. The Labute approximate surface area is 111 Å². The van der Waals surface area contributed by atoms with Gasteiger partial charge in [0.05, 0.1) is 11.9 Å². The largest absolute Gasteiger partial charge is 0.478 e. The first-order valence-corrected chi connectivity index (χ1v) is 6.21. The van der Waals surface area contributed by atoms with Gasteiger partial charge in [-0.15, -0.1) is 0 Å². The summed E-state index contributed by atoms with van der Waals surface area (Å²) in [5.41, 5.74) is 1.58. The number of imidazole rings is 1. The molecular formula is C12H8N4O2S. The highest BCUT2D eigenvalue weighted by molar-refractivity contribution is 7.99. The third-order valence-electron chi connectivity index (χ3n) is 2.48. The Hall–Kier alpha value is -2.41. The van der Waals surface area contributed by atoms with Gasteiger partial charge in [0, 0.05) is 4.90 Å². The summed E-state index contributed by atoms with van der Waals surface area (Å²) in [4.78, 5) is 27.0. The minimum atomic E-state index is -0.947. The molecule has 3 aromatic rings. The van der Waals surface area contributed by atoms with Crippen molar-refractivity contribution in [3.8, 4) is 0 Å². The standard InChI is InChI=1S/C12H8N4O2S/c17-12(18)7-2-1-3-8(4-7)19-11-9-10(14-5-13-9)15-6-16-11/h1-6H,(H,17,18)(H,13,14,15,16). The second kappa shape index (κ2) is 4.69. The number of aromatic carboxylic acids is 1. The summed E-state index contributed by atoms with van der Waals surface area (Å²) < 4.78 is 0. The zero-order valence-electron chi connectivity index (χ0n) is 9.57. The lowest BCUT2D eigenvalue weighted by Crippen LogP contribution is -1.95. The molecule has 94 valence electrons. The Balaban J connectivity index is 1.99. The van der Waals surface area contributed by atoms with Crippen LogP contribution in [-0.2, 0) is 0 Å². The van der Waals surface area contributed by atoms with E-state index in [0.29, 0.717) is 10.7 Å². The van der Waals surface area contributed by atoms with Crippen molar-refractivity contribution in [2.24, 2.45) is 0 Å². The lowest BCUT2D eigenvalue weighted by Gasteiger charge is -2.02. The molecule has 0 atom stereocenters. The highest BCUT2D eigenvalue weighted by atomic mass is 32.2. The molecule has 7 heteroatoms. The highest BCUT2D eigenvalue weighted by Crippen LogP contribution is 2.29. The van der Waals surface area contributed by atoms with E-state index >= 15 is 0 Å². The molecule has 0 fully saturated rings. The third-order valence-corrected chi connectivity index (χ3v) is 3.48. The summed E-state index contributed by atoms with van der Waals surface area (Å²) in [7, 11) is 0. The monoisotopic (exact) mass is 272 g/mol. The second-order valence-corrected chi connectivity index (χ2v) is 4.78. The molecule has 0 saturated carbocycles. The SMILES string of the molecule is O=C(O)c1cccc(Sc2ncnc3nc[nH]c23)c1. The maximum Gasteiger partial charge on any atom is 0.335 e. The van der Waals surface area contributed by atoms with Crippen LogP contribution in [-0.4, -0.2) is 31.0 Å². The number of carbonyl (C=O) groups is 1.